The van der Waals surface area contributed by atoms with E-state index in [0.717, 1.165) is 19.3 Å². The molecule has 0 aromatic heterocycles. The van der Waals surface area contributed by atoms with Crippen molar-refractivity contribution in [1.82, 2.24) is 0 Å². The van der Waals surface area contributed by atoms with Gasteiger partial charge >= 0.3 is 5.97 Å². The van der Waals surface area contributed by atoms with Crippen molar-refractivity contribution < 1.29 is 9.53 Å². The molecule has 0 unspecified atom stereocenters. The number of hydrogen-bond donors (Lipinski definition) is 0. The molecule has 0 fully saturated rings. The van der Waals surface area contributed by atoms with Crippen LogP contribution in [0.25, 0.3) is 0 Å². The van der Waals surface area contributed by atoms with Gasteiger partial charge in [-0.15, -0.1) is 0 Å². The molecule has 0 rings (SSSR count). The lowest BCUT2D eigenvalue weighted by atomic mass is 10.1. The Morgan fingerprint density at radius 3 is 1.83 bits per heavy atom. The van der Waals surface area contributed by atoms with Crippen LogP contribution in [-0.2, 0) is 9.53 Å². The van der Waals surface area contributed by atoms with E-state index in [1.807, 2.05) is 13.0 Å². The second kappa shape index (κ2) is 20.0. The van der Waals surface area contributed by atoms with Crippen molar-refractivity contribution in [2.75, 3.05) is 0 Å². The van der Waals surface area contributed by atoms with Crippen LogP contribution in [0.4, 0.5) is 0 Å². The molecule has 0 radical (unpaired) electrons. The Morgan fingerprint density at radius 1 is 0.708 bits per heavy atom. The minimum atomic E-state index is -0.0997. The number of hydrogen-bond acceptors (Lipinski definition) is 2. The molecule has 0 N–H and O–H groups in total. The van der Waals surface area contributed by atoms with E-state index in [1.54, 1.807) is 0 Å². The molecular formula is C22H40O2. The summed E-state index contributed by atoms with van der Waals surface area (Å²) in [7, 11) is 0. The highest BCUT2D eigenvalue weighted by atomic mass is 16.5. The lowest BCUT2D eigenvalue weighted by Crippen LogP contribution is -1.98. The molecule has 0 aliphatic heterocycles. The van der Waals surface area contributed by atoms with Gasteiger partial charge in [-0.1, -0.05) is 77.4 Å². The molecule has 140 valence electrons. The van der Waals surface area contributed by atoms with Crippen LogP contribution < -0.4 is 0 Å². The monoisotopic (exact) mass is 336 g/mol. The van der Waals surface area contributed by atoms with Crippen molar-refractivity contribution in [3.05, 3.63) is 24.5 Å². The predicted octanol–water partition coefficient (Wildman–Crippen LogP) is 7.49. The van der Waals surface area contributed by atoms with Crippen molar-refractivity contribution in [1.29, 1.82) is 0 Å². The topological polar surface area (TPSA) is 26.3 Å². The van der Waals surface area contributed by atoms with Crippen LogP contribution in [0.2, 0.25) is 0 Å². The van der Waals surface area contributed by atoms with E-state index in [-0.39, 0.29) is 5.97 Å². The van der Waals surface area contributed by atoms with Crippen LogP contribution in [0.15, 0.2) is 24.5 Å². The number of carbonyl (C=O) groups excluding carboxylic acids is 1. The Balaban J connectivity index is 3.20. The molecule has 0 bridgehead atoms. The van der Waals surface area contributed by atoms with Crippen LogP contribution in [-0.4, -0.2) is 5.97 Å². The first kappa shape index (κ1) is 22.9. The Labute approximate surface area is 150 Å². The summed E-state index contributed by atoms with van der Waals surface area (Å²) in [5.41, 5.74) is 0. The van der Waals surface area contributed by atoms with Crippen LogP contribution in [0, 0.1) is 0 Å². The van der Waals surface area contributed by atoms with Gasteiger partial charge in [0, 0.05) is 6.42 Å². The first-order valence-corrected chi connectivity index (χ1v) is 10.3. The third kappa shape index (κ3) is 19.0. The van der Waals surface area contributed by atoms with Gasteiger partial charge in [0.25, 0.3) is 0 Å². The van der Waals surface area contributed by atoms with E-state index in [4.69, 9.17) is 4.74 Å². The molecule has 0 saturated heterocycles. The van der Waals surface area contributed by atoms with Gasteiger partial charge in [0.1, 0.15) is 0 Å². The summed E-state index contributed by atoms with van der Waals surface area (Å²) in [5.74, 6) is -0.0997. The summed E-state index contributed by atoms with van der Waals surface area (Å²) in [6.07, 6.45) is 26.1. The van der Waals surface area contributed by atoms with Gasteiger partial charge in [-0.3, -0.25) is 4.79 Å². The van der Waals surface area contributed by atoms with E-state index >= 15 is 0 Å². The van der Waals surface area contributed by atoms with E-state index < -0.39 is 0 Å². The summed E-state index contributed by atoms with van der Waals surface area (Å²) in [6.45, 7) is 4.29. The summed E-state index contributed by atoms with van der Waals surface area (Å²) in [4.78, 5) is 11.4. The van der Waals surface area contributed by atoms with Gasteiger partial charge in [-0.2, -0.15) is 0 Å². The maximum Gasteiger partial charge on any atom is 0.310 e. The molecule has 2 nitrogen and oxygen atoms in total. The number of esters is 1. The van der Waals surface area contributed by atoms with E-state index in [1.165, 1.54) is 76.9 Å². The van der Waals surface area contributed by atoms with Crippen molar-refractivity contribution in [3.8, 4) is 0 Å². The lowest BCUT2D eigenvalue weighted by Gasteiger charge is -2.00. The number of rotatable bonds is 17. The Morgan fingerprint density at radius 2 is 1.25 bits per heavy atom. The number of ether oxygens (including phenoxy) is 1. The molecule has 24 heavy (non-hydrogen) atoms. The molecular weight excluding hydrogens is 296 g/mol. The summed E-state index contributed by atoms with van der Waals surface area (Å²) >= 11 is 0. The Kier molecular flexibility index (Phi) is 19.1. The van der Waals surface area contributed by atoms with Crippen LogP contribution in [0.5, 0.6) is 0 Å². The summed E-state index contributed by atoms with van der Waals surface area (Å²) < 4.78 is 4.97. The third-order valence-corrected chi connectivity index (χ3v) is 4.17. The quantitative estimate of drug-likeness (QED) is 0.119. The van der Waals surface area contributed by atoms with Gasteiger partial charge < -0.3 is 4.74 Å². The maximum absolute atomic E-state index is 11.4. The fourth-order valence-corrected chi connectivity index (χ4v) is 2.62. The molecule has 2 heteroatoms. The molecule has 0 spiro atoms. The van der Waals surface area contributed by atoms with E-state index in [9.17, 15) is 4.79 Å². The van der Waals surface area contributed by atoms with E-state index in [0.29, 0.717) is 6.42 Å². The van der Waals surface area contributed by atoms with Crippen molar-refractivity contribution in [2.24, 2.45) is 0 Å². The molecule has 0 heterocycles. The van der Waals surface area contributed by atoms with Crippen molar-refractivity contribution in [2.45, 2.75) is 110 Å². The SMILES string of the molecule is CC/C=C/OC(=O)CCCCCCC/C=C\CCCCCCCC. The fraction of sp³-hybridized carbons (Fsp3) is 0.773. The average molecular weight is 337 g/mol. The van der Waals surface area contributed by atoms with Crippen molar-refractivity contribution in [3.63, 3.8) is 0 Å². The van der Waals surface area contributed by atoms with Crippen molar-refractivity contribution >= 4 is 5.97 Å². The van der Waals surface area contributed by atoms with Gasteiger partial charge in [-0.25, -0.2) is 0 Å². The minimum Gasteiger partial charge on any atom is -0.435 e. The summed E-state index contributed by atoms with van der Waals surface area (Å²) in [5, 5.41) is 0. The number of allylic oxidation sites excluding steroid dienone is 3. The third-order valence-electron chi connectivity index (χ3n) is 4.17. The standard InChI is InChI=1S/C22H40O2/c1-3-5-7-8-9-10-11-12-13-14-15-16-17-18-19-20-22(23)24-21-6-4-2/h6,12-13,21H,3-5,7-11,14-20H2,1-2H3/b13-12-,21-6+. The normalized spacial score (nSPS) is 11.6. The van der Waals surface area contributed by atoms with Gasteiger partial charge in [-0.05, 0) is 44.6 Å². The molecule has 0 aliphatic carbocycles. The fourth-order valence-electron chi connectivity index (χ4n) is 2.62. The largest absolute Gasteiger partial charge is 0.435 e. The number of carbonyl (C=O) groups is 1. The van der Waals surface area contributed by atoms with E-state index in [2.05, 4.69) is 19.1 Å². The highest BCUT2D eigenvalue weighted by molar-refractivity contribution is 5.69. The second-order valence-electron chi connectivity index (χ2n) is 6.60. The van der Waals surface area contributed by atoms with Gasteiger partial charge in [0.05, 0.1) is 6.26 Å². The zero-order valence-electron chi connectivity index (χ0n) is 16.2. The van der Waals surface area contributed by atoms with Gasteiger partial charge in [0.15, 0.2) is 0 Å². The van der Waals surface area contributed by atoms with Gasteiger partial charge in [0.2, 0.25) is 0 Å². The van der Waals surface area contributed by atoms with Crippen LogP contribution in [0.3, 0.4) is 0 Å². The molecule has 0 aromatic rings. The minimum absolute atomic E-state index is 0.0997. The number of unbranched alkanes of at least 4 members (excludes halogenated alkanes) is 11. The molecule has 0 atom stereocenters. The smallest absolute Gasteiger partial charge is 0.310 e. The Bertz CT molecular complexity index is 318. The highest BCUT2D eigenvalue weighted by Gasteiger charge is 2.00. The lowest BCUT2D eigenvalue weighted by molar-refractivity contribution is -0.138. The first-order valence-electron chi connectivity index (χ1n) is 10.3. The molecule has 0 aliphatic rings. The maximum atomic E-state index is 11.4. The first-order chi connectivity index (χ1) is 11.8. The zero-order chi connectivity index (χ0) is 17.7. The zero-order valence-corrected chi connectivity index (χ0v) is 16.2. The summed E-state index contributed by atoms with van der Waals surface area (Å²) in [6, 6.07) is 0. The Hall–Kier alpha value is -1.05. The average Bonchev–Trinajstić information content (AvgIpc) is 2.58. The molecule has 0 amide bonds. The molecule has 0 saturated carbocycles. The van der Waals surface area contributed by atoms with Crippen LogP contribution >= 0.6 is 0 Å². The van der Waals surface area contributed by atoms with Crippen LogP contribution in [0.1, 0.15) is 110 Å². The predicted molar refractivity (Wildman–Crippen MR) is 105 cm³/mol. The second-order valence-corrected chi connectivity index (χ2v) is 6.60. The molecule has 0 aromatic carbocycles. The highest BCUT2D eigenvalue weighted by Crippen LogP contribution is 2.10.